The number of hydrogen-bond donors (Lipinski definition) is 1. The van der Waals surface area contributed by atoms with Gasteiger partial charge in [-0.15, -0.1) is 11.3 Å². The van der Waals surface area contributed by atoms with E-state index in [0.29, 0.717) is 6.54 Å². The van der Waals surface area contributed by atoms with Crippen molar-refractivity contribution in [2.75, 3.05) is 6.54 Å². The Morgan fingerprint density at radius 2 is 2.29 bits per heavy atom. The maximum Gasteiger partial charge on any atom is 0.123 e. The van der Waals surface area contributed by atoms with Gasteiger partial charge in [0, 0.05) is 24.9 Å². The average molecular weight is 250 g/mol. The van der Waals surface area contributed by atoms with Crippen molar-refractivity contribution in [2.24, 2.45) is 0 Å². The molecule has 0 fully saturated rings. The van der Waals surface area contributed by atoms with Crippen LogP contribution in [-0.2, 0) is 13.0 Å². The van der Waals surface area contributed by atoms with Crippen LogP contribution < -0.4 is 5.32 Å². The van der Waals surface area contributed by atoms with Crippen LogP contribution in [0.25, 0.3) is 0 Å². The molecule has 0 amide bonds. The van der Waals surface area contributed by atoms with E-state index in [0.717, 1.165) is 29.8 Å². The van der Waals surface area contributed by atoms with Gasteiger partial charge in [0.05, 0.1) is 11.2 Å². The quantitative estimate of drug-likeness (QED) is 0.825. The smallest absolute Gasteiger partial charge is 0.123 e. The molecule has 2 rings (SSSR count). The molecule has 1 N–H and O–H groups in total. The number of aryl methyl sites for hydroxylation is 1. The first-order chi connectivity index (χ1) is 8.25. The summed E-state index contributed by atoms with van der Waals surface area (Å²) in [6.45, 7) is 3.56. The zero-order chi connectivity index (χ0) is 12.1. The monoisotopic (exact) mass is 250 g/mol. The molecule has 0 saturated heterocycles. The van der Waals surface area contributed by atoms with E-state index in [-0.39, 0.29) is 5.82 Å². The summed E-state index contributed by atoms with van der Waals surface area (Å²) in [5.41, 5.74) is 5.08. The minimum Gasteiger partial charge on any atom is -0.312 e. The molecule has 90 valence electrons. The number of benzene rings is 1. The minimum atomic E-state index is -0.174. The molecule has 2 aromatic rings. The molecule has 17 heavy (non-hydrogen) atoms. The summed E-state index contributed by atoms with van der Waals surface area (Å²) in [5, 5.41) is 5.36. The third kappa shape index (κ3) is 3.61. The van der Waals surface area contributed by atoms with E-state index in [1.807, 2.05) is 18.5 Å². The molecular formula is C13H15FN2S. The Balaban J connectivity index is 1.80. The Morgan fingerprint density at radius 3 is 3.06 bits per heavy atom. The van der Waals surface area contributed by atoms with Gasteiger partial charge >= 0.3 is 0 Å². The molecule has 0 unspecified atom stereocenters. The minimum absolute atomic E-state index is 0.174. The molecule has 2 nitrogen and oxygen atoms in total. The van der Waals surface area contributed by atoms with Crippen molar-refractivity contribution in [3.8, 4) is 0 Å². The van der Waals surface area contributed by atoms with Gasteiger partial charge in [-0.05, 0) is 30.2 Å². The van der Waals surface area contributed by atoms with Crippen molar-refractivity contribution in [1.29, 1.82) is 0 Å². The van der Waals surface area contributed by atoms with Gasteiger partial charge in [-0.2, -0.15) is 0 Å². The Bertz CT molecular complexity index is 468. The number of hydrogen-bond acceptors (Lipinski definition) is 3. The Kier molecular flexibility index (Phi) is 4.23. The van der Waals surface area contributed by atoms with E-state index in [4.69, 9.17) is 0 Å². The van der Waals surface area contributed by atoms with Crippen LogP contribution >= 0.6 is 11.3 Å². The van der Waals surface area contributed by atoms with Crippen LogP contribution in [0.4, 0.5) is 4.39 Å². The van der Waals surface area contributed by atoms with E-state index in [2.05, 4.69) is 15.7 Å². The molecule has 0 aliphatic rings. The summed E-state index contributed by atoms with van der Waals surface area (Å²) in [6, 6.07) is 4.89. The molecule has 0 bridgehead atoms. The summed E-state index contributed by atoms with van der Waals surface area (Å²) in [4.78, 5) is 4.21. The molecule has 1 heterocycles. The van der Waals surface area contributed by atoms with Crippen molar-refractivity contribution in [3.05, 3.63) is 51.7 Å². The van der Waals surface area contributed by atoms with Crippen LogP contribution in [-0.4, -0.2) is 11.5 Å². The van der Waals surface area contributed by atoms with E-state index in [1.54, 1.807) is 17.4 Å². The van der Waals surface area contributed by atoms with Crippen LogP contribution in [0.15, 0.2) is 29.1 Å². The van der Waals surface area contributed by atoms with Crippen molar-refractivity contribution in [1.82, 2.24) is 10.3 Å². The highest BCUT2D eigenvalue weighted by molar-refractivity contribution is 7.07. The number of nitrogens with one attached hydrogen (secondary N) is 1. The molecular weight excluding hydrogens is 235 g/mol. The summed E-state index contributed by atoms with van der Waals surface area (Å²) in [6.07, 6.45) is 0.915. The van der Waals surface area contributed by atoms with Gasteiger partial charge < -0.3 is 5.32 Å². The SMILES string of the molecule is Cc1ccc(F)cc1CNCCc1cscn1. The van der Waals surface area contributed by atoms with Crippen LogP contribution in [0.3, 0.4) is 0 Å². The van der Waals surface area contributed by atoms with Gasteiger partial charge in [-0.3, -0.25) is 0 Å². The van der Waals surface area contributed by atoms with Crippen molar-refractivity contribution in [3.63, 3.8) is 0 Å². The summed E-state index contributed by atoms with van der Waals surface area (Å²) in [5.74, 6) is -0.174. The predicted octanol–water partition coefficient (Wildman–Crippen LogP) is 2.92. The number of thiazole rings is 1. The first-order valence-electron chi connectivity index (χ1n) is 5.58. The molecule has 4 heteroatoms. The summed E-state index contributed by atoms with van der Waals surface area (Å²) in [7, 11) is 0. The molecule has 0 aliphatic heterocycles. The van der Waals surface area contributed by atoms with Gasteiger partial charge in [0.2, 0.25) is 0 Å². The lowest BCUT2D eigenvalue weighted by Crippen LogP contribution is -2.17. The maximum atomic E-state index is 13.0. The zero-order valence-corrected chi connectivity index (χ0v) is 10.6. The second-order valence-electron chi connectivity index (χ2n) is 3.98. The lowest BCUT2D eigenvalue weighted by molar-refractivity contribution is 0.618. The lowest BCUT2D eigenvalue weighted by atomic mass is 10.1. The van der Waals surface area contributed by atoms with Crippen LogP contribution in [0.2, 0.25) is 0 Å². The fourth-order valence-corrected chi connectivity index (χ4v) is 2.22. The Labute approximate surface area is 105 Å². The van der Waals surface area contributed by atoms with Gasteiger partial charge in [0.25, 0.3) is 0 Å². The number of rotatable bonds is 5. The fourth-order valence-electron chi connectivity index (χ4n) is 1.63. The second kappa shape index (κ2) is 5.89. The highest BCUT2D eigenvalue weighted by Crippen LogP contribution is 2.09. The Hall–Kier alpha value is -1.26. The molecule has 1 aromatic carbocycles. The molecule has 0 spiro atoms. The first kappa shape index (κ1) is 12.2. The normalized spacial score (nSPS) is 10.7. The van der Waals surface area contributed by atoms with Gasteiger partial charge in [-0.1, -0.05) is 6.07 Å². The summed E-state index contributed by atoms with van der Waals surface area (Å²) < 4.78 is 13.0. The average Bonchev–Trinajstić information content (AvgIpc) is 2.82. The topological polar surface area (TPSA) is 24.9 Å². The molecule has 0 aliphatic carbocycles. The van der Waals surface area contributed by atoms with Crippen LogP contribution in [0, 0.1) is 12.7 Å². The van der Waals surface area contributed by atoms with E-state index in [1.165, 1.54) is 6.07 Å². The summed E-state index contributed by atoms with van der Waals surface area (Å²) >= 11 is 1.61. The van der Waals surface area contributed by atoms with Gasteiger partial charge in [-0.25, -0.2) is 9.37 Å². The van der Waals surface area contributed by atoms with Crippen LogP contribution in [0.5, 0.6) is 0 Å². The highest BCUT2D eigenvalue weighted by atomic mass is 32.1. The largest absolute Gasteiger partial charge is 0.312 e. The second-order valence-corrected chi connectivity index (χ2v) is 4.70. The highest BCUT2D eigenvalue weighted by Gasteiger charge is 2.00. The van der Waals surface area contributed by atoms with Crippen molar-refractivity contribution >= 4 is 11.3 Å². The number of aromatic nitrogens is 1. The third-order valence-electron chi connectivity index (χ3n) is 2.67. The zero-order valence-electron chi connectivity index (χ0n) is 9.74. The first-order valence-corrected chi connectivity index (χ1v) is 6.53. The van der Waals surface area contributed by atoms with Crippen LogP contribution in [0.1, 0.15) is 16.8 Å². The molecule has 0 saturated carbocycles. The van der Waals surface area contributed by atoms with Crippen molar-refractivity contribution < 1.29 is 4.39 Å². The molecule has 0 radical (unpaired) electrons. The number of nitrogens with zero attached hydrogens (tertiary/aromatic N) is 1. The van der Waals surface area contributed by atoms with Gasteiger partial charge in [0.1, 0.15) is 5.82 Å². The third-order valence-corrected chi connectivity index (χ3v) is 3.30. The van der Waals surface area contributed by atoms with E-state index in [9.17, 15) is 4.39 Å². The molecule has 0 atom stereocenters. The predicted molar refractivity (Wildman–Crippen MR) is 68.7 cm³/mol. The lowest BCUT2D eigenvalue weighted by Gasteiger charge is -2.07. The van der Waals surface area contributed by atoms with Crippen molar-refractivity contribution in [2.45, 2.75) is 19.9 Å². The van der Waals surface area contributed by atoms with E-state index >= 15 is 0 Å². The maximum absolute atomic E-state index is 13.0. The standard InChI is InChI=1S/C13H15FN2S/c1-10-2-3-12(14)6-11(10)7-15-5-4-13-8-17-9-16-13/h2-3,6,8-9,15H,4-5,7H2,1H3. The molecule has 1 aromatic heterocycles. The fraction of sp³-hybridized carbons (Fsp3) is 0.308. The van der Waals surface area contributed by atoms with Gasteiger partial charge in [0.15, 0.2) is 0 Å². The van der Waals surface area contributed by atoms with E-state index < -0.39 is 0 Å². The Morgan fingerprint density at radius 1 is 1.41 bits per heavy atom. The number of halogens is 1.